The predicted molar refractivity (Wildman–Crippen MR) is 107 cm³/mol. The summed E-state index contributed by atoms with van der Waals surface area (Å²) >= 11 is 12.3. The fourth-order valence-electron chi connectivity index (χ4n) is 2.82. The third-order valence-electron chi connectivity index (χ3n) is 4.03. The molecule has 0 radical (unpaired) electrons. The minimum absolute atomic E-state index is 0.102. The van der Waals surface area contributed by atoms with Crippen LogP contribution >= 0.6 is 23.2 Å². The Hall–Kier alpha value is -2.04. The van der Waals surface area contributed by atoms with Gasteiger partial charge in [0, 0.05) is 21.1 Å². The summed E-state index contributed by atoms with van der Waals surface area (Å²) in [5, 5.41) is 4.20. The van der Waals surface area contributed by atoms with E-state index in [0.29, 0.717) is 22.2 Å². The van der Waals surface area contributed by atoms with E-state index >= 15 is 0 Å². The lowest BCUT2D eigenvalue weighted by molar-refractivity contribution is 0.0919. The van der Waals surface area contributed by atoms with Crippen molar-refractivity contribution in [3.63, 3.8) is 0 Å². The number of imidazole rings is 1. The molecule has 1 heterocycles. The number of hydrogen-bond donors (Lipinski definition) is 1. The molecule has 0 aliphatic rings. The van der Waals surface area contributed by atoms with Crippen molar-refractivity contribution in [2.45, 2.75) is 39.8 Å². The lowest BCUT2D eigenvalue weighted by atomic mass is 10.1. The Bertz CT molecular complexity index is 987. The number of rotatable bonds is 3. The average Bonchev–Trinajstić information content (AvgIpc) is 2.83. The van der Waals surface area contributed by atoms with Crippen LogP contribution in [0.3, 0.4) is 0 Å². The van der Waals surface area contributed by atoms with Gasteiger partial charge in [-0.15, -0.1) is 0 Å². The van der Waals surface area contributed by atoms with E-state index in [1.54, 1.807) is 12.1 Å². The number of halogens is 2. The number of amides is 1. The number of aromatic nitrogens is 2. The Kier molecular flexibility index (Phi) is 5.00. The first kappa shape index (κ1) is 18.7. The number of nitrogens with zero attached hydrogens (tertiary/aromatic N) is 2. The highest BCUT2D eigenvalue weighted by Gasteiger charge is 2.17. The fraction of sp³-hybridized carbons (Fsp3) is 0.300. The van der Waals surface area contributed by atoms with Crippen LogP contribution in [0.2, 0.25) is 10.0 Å². The molecule has 0 saturated carbocycles. The molecule has 4 nitrogen and oxygen atoms in total. The molecule has 3 rings (SSSR count). The summed E-state index contributed by atoms with van der Waals surface area (Å²) in [6.45, 7) is 8.38. The molecule has 0 unspecified atom stereocenters. The van der Waals surface area contributed by atoms with Crippen LogP contribution in [0.1, 0.15) is 42.5 Å². The molecule has 0 aliphatic heterocycles. The second-order valence-electron chi connectivity index (χ2n) is 7.39. The maximum atomic E-state index is 12.5. The van der Waals surface area contributed by atoms with Crippen molar-refractivity contribution < 1.29 is 4.79 Å². The molecule has 0 atom stereocenters. The molecule has 0 bridgehead atoms. The number of carbonyl (C=O) groups excluding carboxylic acids is 1. The molecule has 1 N–H and O–H groups in total. The van der Waals surface area contributed by atoms with Crippen LogP contribution in [0.15, 0.2) is 36.4 Å². The normalized spacial score (nSPS) is 11.8. The van der Waals surface area contributed by atoms with Crippen LogP contribution in [0.5, 0.6) is 0 Å². The SMILES string of the molecule is Cc1nc2ccc(C(=O)NC(C)(C)C)cc2n1Cc1ccc(Cl)cc1Cl. The molecular formula is C20H21Cl2N3O. The van der Waals surface area contributed by atoms with Crippen molar-refractivity contribution in [2.75, 3.05) is 0 Å². The molecular weight excluding hydrogens is 369 g/mol. The topological polar surface area (TPSA) is 46.9 Å². The van der Waals surface area contributed by atoms with Crippen molar-refractivity contribution in [2.24, 2.45) is 0 Å². The van der Waals surface area contributed by atoms with Crippen molar-refractivity contribution in [1.82, 2.24) is 14.9 Å². The Labute approximate surface area is 163 Å². The quantitative estimate of drug-likeness (QED) is 0.666. The van der Waals surface area contributed by atoms with E-state index in [0.717, 1.165) is 22.4 Å². The number of carbonyl (C=O) groups is 1. The van der Waals surface area contributed by atoms with Gasteiger partial charge >= 0.3 is 0 Å². The first-order chi connectivity index (χ1) is 12.1. The maximum absolute atomic E-state index is 12.5. The van der Waals surface area contributed by atoms with Gasteiger partial charge in [0.05, 0.1) is 17.6 Å². The van der Waals surface area contributed by atoms with Gasteiger partial charge in [-0.1, -0.05) is 29.3 Å². The number of fused-ring (bicyclic) bond motifs is 1. The molecule has 3 aromatic rings. The van der Waals surface area contributed by atoms with Crippen LogP contribution in [0.25, 0.3) is 11.0 Å². The van der Waals surface area contributed by atoms with Crippen molar-refractivity contribution in [3.05, 3.63) is 63.4 Å². The van der Waals surface area contributed by atoms with Gasteiger partial charge in [0.25, 0.3) is 5.91 Å². The van der Waals surface area contributed by atoms with E-state index < -0.39 is 0 Å². The van der Waals surface area contributed by atoms with E-state index in [1.165, 1.54) is 0 Å². The van der Waals surface area contributed by atoms with Crippen LogP contribution in [-0.4, -0.2) is 21.0 Å². The molecule has 1 aromatic heterocycles. The van der Waals surface area contributed by atoms with Crippen molar-refractivity contribution in [3.8, 4) is 0 Å². The molecule has 2 aromatic carbocycles. The van der Waals surface area contributed by atoms with E-state index in [-0.39, 0.29) is 11.4 Å². The van der Waals surface area contributed by atoms with E-state index in [2.05, 4.69) is 14.9 Å². The number of hydrogen-bond acceptors (Lipinski definition) is 2. The van der Waals surface area contributed by atoms with Gasteiger partial charge in [-0.2, -0.15) is 0 Å². The first-order valence-corrected chi connectivity index (χ1v) is 9.13. The summed E-state index contributed by atoms with van der Waals surface area (Å²) in [7, 11) is 0. The van der Waals surface area contributed by atoms with Crippen LogP contribution in [0.4, 0.5) is 0 Å². The van der Waals surface area contributed by atoms with Gasteiger partial charge < -0.3 is 9.88 Å². The number of aryl methyl sites for hydroxylation is 1. The fourth-order valence-corrected chi connectivity index (χ4v) is 3.29. The highest BCUT2D eigenvalue weighted by atomic mass is 35.5. The summed E-state index contributed by atoms with van der Waals surface area (Å²) in [5.41, 5.74) is 3.01. The van der Waals surface area contributed by atoms with Crippen LogP contribution in [-0.2, 0) is 6.54 Å². The minimum atomic E-state index is -0.293. The predicted octanol–water partition coefficient (Wildman–Crippen LogP) is 5.23. The molecule has 136 valence electrons. The molecule has 6 heteroatoms. The van der Waals surface area contributed by atoms with Crippen molar-refractivity contribution >= 4 is 40.1 Å². The first-order valence-electron chi connectivity index (χ1n) is 8.37. The standard InChI is InChI=1S/C20H21Cl2N3O/c1-12-23-17-8-6-13(19(26)24-20(2,3)4)9-18(17)25(12)11-14-5-7-15(21)10-16(14)22/h5-10H,11H2,1-4H3,(H,24,26). The molecule has 0 saturated heterocycles. The smallest absolute Gasteiger partial charge is 0.251 e. The zero-order valence-corrected chi connectivity index (χ0v) is 16.7. The molecule has 1 amide bonds. The summed E-state index contributed by atoms with van der Waals surface area (Å²) in [6, 6.07) is 11.0. The van der Waals surface area contributed by atoms with Gasteiger partial charge in [0.15, 0.2) is 0 Å². The summed E-state index contributed by atoms with van der Waals surface area (Å²) in [5.74, 6) is 0.758. The second kappa shape index (κ2) is 6.93. The van der Waals surface area contributed by atoms with E-state index in [9.17, 15) is 4.79 Å². The van der Waals surface area contributed by atoms with E-state index in [4.69, 9.17) is 23.2 Å². The maximum Gasteiger partial charge on any atom is 0.251 e. The number of benzene rings is 2. The lowest BCUT2D eigenvalue weighted by Gasteiger charge is -2.20. The second-order valence-corrected chi connectivity index (χ2v) is 8.23. The Morgan fingerprint density at radius 3 is 2.54 bits per heavy atom. The molecule has 0 aliphatic carbocycles. The Morgan fingerprint density at radius 2 is 1.88 bits per heavy atom. The largest absolute Gasteiger partial charge is 0.347 e. The lowest BCUT2D eigenvalue weighted by Crippen LogP contribution is -2.40. The van der Waals surface area contributed by atoms with Crippen molar-refractivity contribution in [1.29, 1.82) is 0 Å². The van der Waals surface area contributed by atoms with Crippen LogP contribution in [0, 0.1) is 6.92 Å². The third kappa shape index (κ3) is 4.02. The Balaban J connectivity index is 2.01. The zero-order valence-electron chi connectivity index (χ0n) is 15.2. The Morgan fingerprint density at radius 1 is 1.15 bits per heavy atom. The van der Waals surface area contributed by atoms with Gasteiger partial charge in [0.1, 0.15) is 5.82 Å². The van der Waals surface area contributed by atoms with Gasteiger partial charge in [-0.05, 0) is 63.6 Å². The minimum Gasteiger partial charge on any atom is -0.347 e. The average molecular weight is 390 g/mol. The van der Waals surface area contributed by atoms with Gasteiger partial charge in [0.2, 0.25) is 0 Å². The third-order valence-corrected chi connectivity index (χ3v) is 4.62. The van der Waals surface area contributed by atoms with Gasteiger partial charge in [-0.3, -0.25) is 4.79 Å². The molecule has 0 fully saturated rings. The van der Waals surface area contributed by atoms with Crippen LogP contribution < -0.4 is 5.32 Å². The highest BCUT2D eigenvalue weighted by Crippen LogP contribution is 2.25. The summed E-state index contributed by atoms with van der Waals surface area (Å²) in [4.78, 5) is 17.1. The zero-order chi connectivity index (χ0) is 19.1. The molecule has 26 heavy (non-hydrogen) atoms. The monoisotopic (exact) mass is 389 g/mol. The summed E-state index contributed by atoms with van der Waals surface area (Å²) in [6.07, 6.45) is 0. The van der Waals surface area contributed by atoms with E-state index in [1.807, 2.05) is 52.0 Å². The number of nitrogens with one attached hydrogen (secondary N) is 1. The summed E-state index contributed by atoms with van der Waals surface area (Å²) < 4.78 is 2.05. The molecule has 0 spiro atoms. The highest BCUT2D eigenvalue weighted by molar-refractivity contribution is 6.35. The van der Waals surface area contributed by atoms with Gasteiger partial charge in [-0.25, -0.2) is 4.98 Å².